The minimum Gasteiger partial charge on any atom is -0.459 e. The summed E-state index contributed by atoms with van der Waals surface area (Å²) in [6.45, 7) is -0.541. The molecule has 24 heavy (non-hydrogen) atoms. The number of nitrogens with one attached hydrogen (secondary N) is 3. The molecule has 8 heteroatoms. The smallest absolute Gasteiger partial charge is 0.287 e. The summed E-state index contributed by atoms with van der Waals surface area (Å²) in [4.78, 5) is 34.7. The van der Waals surface area contributed by atoms with Crippen molar-refractivity contribution in [3.63, 3.8) is 0 Å². The molecule has 126 valence electrons. The van der Waals surface area contributed by atoms with Crippen molar-refractivity contribution in [2.45, 2.75) is 6.54 Å². The molecular formula is C16H16FN3O4. The van der Waals surface area contributed by atoms with Gasteiger partial charge in [-0.25, -0.2) is 4.39 Å². The summed E-state index contributed by atoms with van der Waals surface area (Å²) >= 11 is 0. The van der Waals surface area contributed by atoms with Gasteiger partial charge < -0.3 is 20.4 Å². The first-order valence-electron chi connectivity index (χ1n) is 7.15. The van der Waals surface area contributed by atoms with Gasteiger partial charge >= 0.3 is 0 Å². The van der Waals surface area contributed by atoms with Gasteiger partial charge in [-0.2, -0.15) is 0 Å². The number of halogens is 1. The highest BCUT2D eigenvalue weighted by Crippen LogP contribution is 2.05. The van der Waals surface area contributed by atoms with Crippen molar-refractivity contribution in [2.75, 3.05) is 13.1 Å². The number of carbonyl (C=O) groups excluding carboxylic acids is 3. The average Bonchev–Trinajstić information content (AvgIpc) is 3.11. The second-order valence-electron chi connectivity index (χ2n) is 4.80. The van der Waals surface area contributed by atoms with Crippen LogP contribution in [0.4, 0.5) is 4.39 Å². The predicted molar refractivity (Wildman–Crippen MR) is 82.3 cm³/mol. The molecule has 2 rings (SSSR count). The summed E-state index contributed by atoms with van der Waals surface area (Å²) < 4.78 is 18.2. The number of rotatable bonds is 7. The molecule has 7 nitrogen and oxygen atoms in total. The maximum Gasteiger partial charge on any atom is 0.287 e. The first kappa shape index (κ1) is 17.2. The molecule has 0 saturated carbocycles. The van der Waals surface area contributed by atoms with Crippen LogP contribution in [0, 0.1) is 5.82 Å². The van der Waals surface area contributed by atoms with E-state index in [9.17, 15) is 18.8 Å². The van der Waals surface area contributed by atoms with E-state index in [1.807, 2.05) is 0 Å². The Morgan fingerprint density at radius 2 is 1.62 bits per heavy atom. The minimum absolute atomic E-state index is 0.0244. The van der Waals surface area contributed by atoms with Crippen LogP contribution in [0.3, 0.4) is 0 Å². The fourth-order valence-corrected chi connectivity index (χ4v) is 1.79. The van der Waals surface area contributed by atoms with E-state index in [-0.39, 0.29) is 25.4 Å². The summed E-state index contributed by atoms with van der Waals surface area (Å²) in [5, 5.41) is 7.18. The molecule has 0 spiro atoms. The van der Waals surface area contributed by atoms with E-state index in [0.29, 0.717) is 5.56 Å². The fraction of sp³-hybridized carbons (Fsp3) is 0.188. The molecule has 0 atom stereocenters. The SMILES string of the molecule is O=C(CNC(=O)CNC(=O)c1ccco1)NCc1ccccc1F. The van der Waals surface area contributed by atoms with Gasteiger partial charge in [0.15, 0.2) is 5.76 Å². The van der Waals surface area contributed by atoms with Gasteiger partial charge in [-0.1, -0.05) is 18.2 Å². The number of furan rings is 1. The third kappa shape index (κ3) is 5.24. The van der Waals surface area contributed by atoms with Gasteiger partial charge in [0.1, 0.15) is 5.82 Å². The van der Waals surface area contributed by atoms with Crippen LogP contribution in [-0.4, -0.2) is 30.8 Å². The molecule has 0 bridgehead atoms. The lowest BCUT2D eigenvalue weighted by Crippen LogP contribution is -2.41. The molecule has 0 aliphatic rings. The van der Waals surface area contributed by atoms with E-state index >= 15 is 0 Å². The van der Waals surface area contributed by atoms with E-state index in [1.165, 1.54) is 18.4 Å². The van der Waals surface area contributed by atoms with Crippen LogP contribution in [0.5, 0.6) is 0 Å². The number of hydrogen-bond donors (Lipinski definition) is 3. The molecule has 1 aromatic carbocycles. The molecule has 0 radical (unpaired) electrons. The van der Waals surface area contributed by atoms with Gasteiger partial charge in [0.2, 0.25) is 11.8 Å². The van der Waals surface area contributed by atoms with Crippen LogP contribution >= 0.6 is 0 Å². The second-order valence-corrected chi connectivity index (χ2v) is 4.80. The molecule has 3 N–H and O–H groups in total. The first-order valence-corrected chi connectivity index (χ1v) is 7.15. The maximum absolute atomic E-state index is 13.4. The summed E-state index contributed by atoms with van der Waals surface area (Å²) in [5.41, 5.74) is 0.350. The molecule has 2 aromatic rings. The lowest BCUT2D eigenvalue weighted by Gasteiger charge is -2.08. The Bertz CT molecular complexity index is 716. The van der Waals surface area contributed by atoms with Crippen molar-refractivity contribution in [3.8, 4) is 0 Å². The monoisotopic (exact) mass is 333 g/mol. The molecule has 0 unspecified atom stereocenters. The fourth-order valence-electron chi connectivity index (χ4n) is 1.79. The molecular weight excluding hydrogens is 317 g/mol. The van der Waals surface area contributed by atoms with Crippen LogP contribution in [0.1, 0.15) is 16.1 Å². The van der Waals surface area contributed by atoms with Crippen LogP contribution in [0.25, 0.3) is 0 Å². The highest BCUT2D eigenvalue weighted by molar-refractivity contribution is 5.94. The summed E-state index contributed by atoms with van der Waals surface area (Å²) in [5.74, 6) is -1.85. The van der Waals surface area contributed by atoms with E-state index in [2.05, 4.69) is 16.0 Å². The number of carbonyl (C=O) groups is 3. The molecule has 0 saturated heterocycles. The zero-order valence-corrected chi connectivity index (χ0v) is 12.7. The Labute approximate surface area is 137 Å². The zero-order chi connectivity index (χ0) is 17.4. The minimum atomic E-state index is -0.532. The van der Waals surface area contributed by atoms with Crippen molar-refractivity contribution in [1.29, 1.82) is 0 Å². The normalized spacial score (nSPS) is 10.0. The summed E-state index contributed by atoms with van der Waals surface area (Å²) in [6.07, 6.45) is 1.34. The van der Waals surface area contributed by atoms with Crippen molar-refractivity contribution in [2.24, 2.45) is 0 Å². The topological polar surface area (TPSA) is 100 Å². The molecule has 0 aliphatic carbocycles. The lowest BCUT2D eigenvalue weighted by molar-refractivity contribution is -0.125. The van der Waals surface area contributed by atoms with Gasteiger partial charge in [-0.3, -0.25) is 14.4 Å². The van der Waals surface area contributed by atoms with Crippen LogP contribution in [0.2, 0.25) is 0 Å². The van der Waals surface area contributed by atoms with E-state index in [1.54, 1.807) is 24.3 Å². The Morgan fingerprint density at radius 3 is 2.33 bits per heavy atom. The van der Waals surface area contributed by atoms with Crippen molar-refractivity contribution in [3.05, 3.63) is 59.8 Å². The molecule has 1 aromatic heterocycles. The summed E-state index contributed by atoms with van der Waals surface area (Å²) in [6, 6.07) is 9.08. The third-order valence-electron chi connectivity index (χ3n) is 3.03. The van der Waals surface area contributed by atoms with E-state index in [0.717, 1.165) is 0 Å². The first-order chi connectivity index (χ1) is 11.6. The Balaban J connectivity index is 1.65. The summed E-state index contributed by atoms with van der Waals surface area (Å²) in [7, 11) is 0. The maximum atomic E-state index is 13.4. The van der Waals surface area contributed by atoms with Crippen LogP contribution in [0.15, 0.2) is 47.1 Å². The van der Waals surface area contributed by atoms with Crippen molar-refractivity contribution < 1.29 is 23.2 Å². The standard InChI is InChI=1S/C16H16FN3O4/c17-12-5-2-1-4-11(12)8-18-14(21)9-19-15(22)10-20-16(23)13-6-3-7-24-13/h1-7H,8-10H2,(H,18,21)(H,19,22)(H,20,23). The number of hydrogen-bond acceptors (Lipinski definition) is 4. The second kappa shape index (κ2) is 8.47. The number of benzene rings is 1. The Kier molecular flexibility index (Phi) is 6.07. The predicted octanol–water partition coefficient (Wildman–Crippen LogP) is 0.581. The molecule has 1 heterocycles. The lowest BCUT2D eigenvalue weighted by atomic mass is 10.2. The van der Waals surface area contributed by atoms with Gasteiger partial charge in [0, 0.05) is 12.1 Å². The largest absolute Gasteiger partial charge is 0.459 e. The highest BCUT2D eigenvalue weighted by Gasteiger charge is 2.11. The van der Waals surface area contributed by atoms with Gasteiger partial charge in [-0.05, 0) is 18.2 Å². The quantitative estimate of drug-likeness (QED) is 0.690. The van der Waals surface area contributed by atoms with Gasteiger partial charge in [0.25, 0.3) is 5.91 Å². The zero-order valence-electron chi connectivity index (χ0n) is 12.7. The Hall–Kier alpha value is -3.16. The Morgan fingerprint density at radius 1 is 0.917 bits per heavy atom. The molecule has 0 fully saturated rings. The molecule has 0 aliphatic heterocycles. The van der Waals surface area contributed by atoms with Crippen LogP contribution in [-0.2, 0) is 16.1 Å². The van der Waals surface area contributed by atoms with Gasteiger partial charge in [0.05, 0.1) is 19.4 Å². The van der Waals surface area contributed by atoms with Gasteiger partial charge in [-0.15, -0.1) is 0 Å². The van der Waals surface area contributed by atoms with E-state index in [4.69, 9.17) is 4.42 Å². The van der Waals surface area contributed by atoms with Crippen molar-refractivity contribution >= 4 is 17.7 Å². The van der Waals surface area contributed by atoms with Crippen LogP contribution < -0.4 is 16.0 Å². The van der Waals surface area contributed by atoms with Crippen molar-refractivity contribution in [1.82, 2.24) is 16.0 Å². The average molecular weight is 333 g/mol. The number of amides is 3. The molecule has 3 amide bonds. The third-order valence-corrected chi connectivity index (χ3v) is 3.03. The highest BCUT2D eigenvalue weighted by atomic mass is 19.1. The van der Waals surface area contributed by atoms with E-state index < -0.39 is 23.5 Å².